The quantitative estimate of drug-likeness (QED) is 0.856. The second-order valence-electron chi connectivity index (χ2n) is 6.61. The third-order valence-electron chi connectivity index (χ3n) is 4.84. The van der Waals surface area contributed by atoms with E-state index in [-0.39, 0.29) is 17.3 Å². The average Bonchev–Trinajstić information content (AvgIpc) is 3.11. The van der Waals surface area contributed by atoms with Crippen molar-refractivity contribution in [2.24, 2.45) is 13.0 Å². The van der Waals surface area contributed by atoms with Gasteiger partial charge in [0.25, 0.3) is 0 Å². The SMILES string of the molecule is Cc1noc(C)c1NC(=O)C1CCCN(S(=O)(=O)c2cnn(C)c2C)C1. The van der Waals surface area contributed by atoms with E-state index >= 15 is 0 Å². The second-order valence-corrected chi connectivity index (χ2v) is 8.51. The molecule has 9 nitrogen and oxygen atoms in total. The van der Waals surface area contributed by atoms with Gasteiger partial charge in [0.2, 0.25) is 15.9 Å². The van der Waals surface area contributed by atoms with Crippen LogP contribution in [0.1, 0.15) is 30.0 Å². The van der Waals surface area contributed by atoms with Crippen LogP contribution in [-0.2, 0) is 21.9 Å². The van der Waals surface area contributed by atoms with E-state index in [2.05, 4.69) is 15.6 Å². The van der Waals surface area contributed by atoms with Gasteiger partial charge >= 0.3 is 0 Å². The molecule has 3 rings (SSSR count). The van der Waals surface area contributed by atoms with Gasteiger partial charge in [0, 0.05) is 20.1 Å². The predicted molar refractivity (Wildman–Crippen MR) is 94.0 cm³/mol. The first kappa shape index (κ1) is 18.6. The van der Waals surface area contributed by atoms with Gasteiger partial charge in [0.15, 0.2) is 5.76 Å². The normalized spacial score (nSPS) is 18.8. The van der Waals surface area contributed by atoms with E-state index in [0.717, 1.165) is 0 Å². The van der Waals surface area contributed by atoms with Gasteiger partial charge in [0.05, 0.1) is 17.8 Å². The molecule has 26 heavy (non-hydrogen) atoms. The number of anilines is 1. The van der Waals surface area contributed by atoms with Crippen molar-refractivity contribution in [1.29, 1.82) is 0 Å². The molecule has 1 aliphatic rings. The largest absolute Gasteiger partial charge is 0.359 e. The number of aromatic nitrogens is 3. The number of sulfonamides is 1. The molecule has 10 heteroatoms. The van der Waals surface area contributed by atoms with Crippen LogP contribution in [0.3, 0.4) is 0 Å². The monoisotopic (exact) mass is 381 g/mol. The van der Waals surface area contributed by atoms with Crippen molar-refractivity contribution >= 4 is 21.6 Å². The van der Waals surface area contributed by atoms with Crippen molar-refractivity contribution < 1.29 is 17.7 Å². The highest BCUT2D eigenvalue weighted by Crippen LogP contribution is 2.27. The maximum atomic E-state index is 12.9. The number of piperidine rings is 1. The Labute approximate surface area is 152 Å². The minimum atomic E-state index is -3.68. The van der Waals surface area contributed by atoms with Gasteiger partial charge in [0.1, 0.15) is 16.3 Å². The van der Waals surface area contributed by atoms with Crippen LogP contribution in [0.4, 0.5) is 5.69 Å². The Morgan fingerprint density at radius 3 is 2.65 bits per heavy atom. The van der Waals surface area contributed by atoms with Crippen LogP contribution in [0.5, 0.6) is 0 Å². The number of nitrogens with one attached hydrogen (secondary N) is 1. The summed E-state index contributed by atoms with van der Waals surface area (Å²) in [6.07, 6.45) is 2.61. The van der Waals surface area contributed by atoms with Gasteiger partial charge in [-0.15, -0.1) is 0 Å². The summed E-state index contributed by atoms with van der Waals surface area (Å²) < 4.78 is 33.8. The summed E-state index contributed by atoms with van der Waals surface area (Å²) in [6, 6.07) is 0. The molecule has 2 aromatic heterocycles. The molecule has 1 aliphatic heterocycles. The van der Waals surface area contributed by atoms with Crippen molar-refractivity contribution in [1.82, 2.24) is 19.2 Å². The maximum Gasteiger partial charge on any atom is 0.246 e. The lowest BCUT2D eigenvalue weighted by Gasteiger charge is -2.31. The molecule has 0 bridgehead atoms. The first-order valence-corrected chi connectivity index (χ1v) is 9.88. The topological polar surface area (TPSA) is 110 Å². The van der Waals surface area contributed by atoms with E-state index in [1.807, 2.05) is 0 Å². The van der Waals surface area contributed by atoms with Crippen molar-refractivity contribution in [3.8, 4) is 0 Å². The highest BCUT2D eigenvalue weighted by atomic mass is 32.2. The standard InChI is InChI=1S/C16H23N5O4S/c1-10-15(12(3)25-19-10)18-16(22)13-6-5-7-21(9-13)26(23,24)14-8-17-20(4)11(14)2/h8,13H,5-7,9H2,1-4H3,(H,18,22). The smallest absolute Gasteiger partial charge is 0.246 e. The molecule has 1 unspecified atom stereocenters. The molecule has 1 amide bonds. The van der Waals surface area contributed by atoms with Gasteiger partial charge in [-0.05, 0) is 33.6 Å². The number of carbonyl (C=O) groups is 1. The molecule has 0 saturated carbocycles. The van der Waals surface area contributed by atoms with Crippen LogP contribution in [0.2, 0.25) is 0 Å². The zero-order chi connectivity index (χ0) is 19.1. The van der Waals surface area contributed by atoms with Crippen LogP contribution in [-0.4, -0.2) is 46.7 Å². The van der Waals surface area contributed by atoms with Crippen molar-refractivity contribution in [3.63, 3.8) is 0 Å². The second kappa shape index (κ2) is 6.84. The van der Waals surface area contributed by atoms with Gasteiger partial charge in [-0.3, -0.25) is 9.48 Å². The van der Waals surface area contributed by atoms with E-state index < -0.39 is 15.9 Å². The molecule has 3 heterocycles. The zero-order valence-corrected chi connectivity index (χ0v) is 16.1. The van der Waals surface area contributed by atoms with Crippen LogP contribution in [0, 0.1) is 26.7 Å². The van der Waals surface area contributed by atoms with Gasteiger partial charge in [-0.25, -0.2) is 8.42 Å². The highest BCUT2D eigenvalue weighted by molar-refractivity contribution is 7.89. The Morgan fingerprint density at radius 1 is 1.35 bits per heavy atom. The maximum absolute atomic E-state index is 12.9. The number of aryl methyl sites for hydroxylation is 3. The van der Waals surface area contributed by atoms with Gasteiger partial charge in [-0.2, -0.15) is 9.40 Å². The third-order valence-corrected chi connectivity index (χ3v) is 6.81. The molecular formula is C16H23N5O4S. The molecule has 1 atom stereocenters. The Hall–Kier alpha value is -2.20. The fourth-order valence-corrected chi connectivity index (χ4v) is 4.84. The number of nitrogens with zero attached hydrogens (tertiary/aromatic N) is 4. The molecule has 1 saturated heterocycles. The molecule has 1 N–H and O–H groups in total. The summed E-state index contributed by atoms with van der Waals surface area (Å²) in [6.45, 7) is 5.72. The van der Waals surface area contributed by atoms with E-state index in [0.29, 0.717) is 42.2 Å². The third kappa shape index (κ3) is 3.26. The lowest BCUT2D eigenvalue weighted by molar-refractivity contribution is -0.120. The van der Waals surface area contributed by atoms with Crippen LogP contribution < -0.4 is 5.32 Å². The summed E-state index contributed by atoms with van der Waals surface area (Å²) in [4.78, 5) is 12.8. The van der Waals surface area contributed by atoms with E-state index in [9.17, 15) is 13.2 Å². The lowest BCUT2D eigenvalue weighted by atomic mass is 9.98. The van der Waals surface area contributed by atoms with Crippen molar-refractivity contribution in [3.05, 3.63) is 23.3 Å². The molecule has 2 aromatic rings. The fraction of sp³-hybridized carbons (Fsp3) is 0.562. The van der Waals surface area contributed by atoms with Crippen LogP contribution in [0.25, 0.3) is 0 Å². The number of hydrogen-bond donors (Lipinski definition) is 1. The first-order chi connectivity index (χ1) is 12.2. The Bertz CT molecular complexity index is 911. The van der Waals surface area contributed by atoms with Crippen molar-refractivity contribution in [2.45, 2.75) is 38.5 Å². The predicted octanol–water partition coefficient (Wildman–Crippen LogP) is 1.37. The lowest BCUT2D eigenvalue weighted by Crippen LogP contribution is -2.43. The molecule has 0 aliphatic carbocycles. The fourth-order valence-electron chi connectivity index (χ4n) is 3.13. The first-order valence-electron chi connectivity index (χ1n) is 8.44. The molecule has 0 spiro atoms. The summed E-state index contributed by atoms with van der Waals surface area (Å²) in [7, 11) is -1.98. The van der Waals surface area contributed by atoms with Crippen LogP contribution in [0.15, 0.2) is 15.6 Å². The molecule has 0 radical (unpaired) electrons. The minimum Gasteiger partial charge on any atom is -0.359 e. The van der Waals surface area contributed by atoms with Crippen molar-refractivity contribution in [2.75, 3.05) is 18.4 Å². The Morgan fingerprint density at radius 2 is 2.08 bits per heavy atom. The number of rotatable bonds is 4. The summed E-state index contributed by atoms with van der Waals surface area (Å²) in [5, 5.41) is 10.7. The highest BCUT2D eigenvalue weighted by Gasteiger charge is 2.35. The zero-order valence-electron chi connectivity index (χ0n) is 15.3. The number of hydrogen-bond acceptors (Lipinski definition) is 6. The van der Waals surface area contributed by atoms with E-state index in [1.165, 1.54) is 15.2 Å². The summed E-state index contributed by atoms with van der Waals surface area (Å²) in [5.74, 6) is -0.117. The molecule has 1 fully saturated rings. The molecule has 0 aromatic carbocycles. The number of amides is 1. The summed E-state index contributed by atoms with van der Waals surface area (Å²) in [5.41, 5.74) is 1.73. The van der Waals surface area contributed by atoms with Gasteiger partial charge < -0.3 is 9.84 Å². The van der Waals surface area contributed by atoms with E-state index in [4.69, 9.17) is 4.52 Å². The van der Waals surface area contributed by atoms with Crippen LogP contribution >= 0.6 is 0 Å². The summed E-state index contributed by atoms with van der Waals surface area (Å²) >= 11 is 0. The average molecular weight is 381 g/mol. The van der Waals surface area contributed by atoms with E-state index in [1.54, 1.807) is 27.8 Å². The Balaban J connectivity index is 1.77. The Kier molecular flexibility index (Phi) is 4.89. The number of carbonyl (C=O) groups excluding carboxylic acids is 1. The van der Waals surface area contributed by atoms with Gasteiger partial charge in [-0.1, -0.05) is 5.16 Å². The minimum absolute atomic E-state index is 0.145. The molecule has 142 valence electrons. The molecular weight excluding hydrogens is 358 g/mol.